The molecule has 4 rings (SSSR count). The zero-order valence-electron chi connectivity index (χ0n) is 15.3. The highest BCUT2D eigenvalue weighted by atomic mass is 16.6. The highest BCUT2D eigenvalue weighted by Gasteiger charge is 2.18. The van der Waals surface area contributed by atoms with Gasteiger partial charge in [-0.1, -0.05) is 18.2 Å². The quantitative estimate of drug-likeness (QED) is 0.723. The fourth-order valence-electron chi connectivity index (χ4n) is 3.48. The van der Waals surface area contributed by atoms with E-state index in [1.165, 1.54) is 11.1 Å². The number of hydrogen-bond donors (Lipinski definition) is 1. The molecule has 0 fully saturated rings. The minimum atomic E-state index is -0.0327. The van der Waals surface area contributed by atoms with Gasteiger partial charge in [-0.2, -0.15) is 0 Å². The number of rotatable bonds is 6. The monoisotopic (exact) mass is 366 g/mol. The lowest BCUT2D eigenvalue weighted by molar-refractivity contribution is -0.117. The number of amides is 1. The Morgan fingerprint density at radius 1 is 1.26 bits per heavy atom. The number of ether oxygens (including phenoxy) is 1. The van der Waals surface area contributed by atoms with E-state index in [-0.39, 0.29) is 5.91 Å². The Morgan fingerprint density at radius 2 is 2.19 bits per heavy atom. The molecular formula is C20H22N4O3. The van der Waals surface area contributed by atoms with E-state index in [1.807, 2.05) is 18.2 Å². The van der Waals surface area contributed by atoms with Gasteiger partial charge >= 0.3 is 0 Å². The van der Waals surface area contributed by atoms with Crippen molar-refractivity contribution < 1.29 is 14.2 Å². The SMILES string of the molecule is COCCC(=O)Nc1ccc2c(c1)CN(Cc1cccc3nonc13)CC2. The van der Waals surface area contributed by atoms with Crippen LogP contribution in [0.25, 0.3) is 11.0 Å². The maximum absolute atomic E-state index is 11.9. The molecule has 1 aliphatic heterocycles. The molecule has 140 valence electrons. The van der Waals surface area contributed by atoms with E-state index < -0.39 is 0 Å². The minimum Gasteiger partial charge on any atom is -0.384 e. The topological polar surface area (TPSA) is 80.5 Å². The van der Waals surface area contributed by atoms with E-state index >= 15 is 0 Å². The predicted molar refractivity (Wildman–Crippen MR) is 101 cm³/mol. The van der Waals surface area contributed by atoms with Crippen molar-refractivity contribution in [3.63, 3.8) is 0 Å². The van der Waals surface area contributed by atoms with Gasteiger partial charge in [0.15, 0.2) is 0 Å². The molecular weight excluding hydrogens is 344 g/mol. The van der Waals surface area contributed by atoms with Crippen LogP contribution in [0.4, 0.5) is 5.69 Å². The second-order valence-electron chi connectivity index (χ2n) is 6.78. The maximum atomic E-state index is 11.9. The molecule has 1 amide bonds. The number of carbonyl (C=O) groups excluding carboxylic acids is 1. The van der Waals surface area contributed by atoms with Gasteiger partial charge in [0.1, 0.15) is 11.0 Å². The van der Waals surface area contributed by atoms with Crippen molar-refractivity contribution in [2.75, 3.05) is 25.6 Å². The first kappa shape index (κ1) is 17.6. The van der Waals surface area contributed by atoms with Crippen molar-refractivity contribution in [3.05, 3.63) is 53.1 Å². The second kappa shape index (κ2) is 7.85. The summed E-state index contributed by atoms with van der Waals surface area (Å²) in [6.07, 6.45) is 1.34. The van der Waals surface area contributed by atoms with Crippen molar-refractivity contribution in [2.24, 2.45) is 0 Å². The third-order valence-electron chi connectivity index (χ3n) is 4.88. The van der Waals surface area contributed by atoms with Gasteiger partial charge in [0.2, 0.25) is 5.91 Å². The molecule has 0 spiro atoms. The van der Waals surface area contributed by atoms with Crippen LogP contribution in [0.3, 0.4) is 0 Å². The first-order valence-electron chi connectivity index (χ1n) is 9.06. The number of fused-ring (bicyclic) bond motifs is 2. The Bertz CT molecular complexity index is 953. The predicted octanol–water partition coefficient (Wildman–Crippen LogP) is 2.76. The maximum Gasteiger partial charge on any atom is 0.226 e. The fraction of sp³-hybridized carbons (Fsp3) is 0.350. The summed E-state index contributed by atoms with van der Waals surface area (Å²) in [4.78, 5) is 14.3. The molecule has 0 aliphatic carbocycles. The Morgan fingerprint density at radius 3 is 3.07 bits per heavy atom. The Hall–Kier alpha value is -2.77. The number of hydrogen-bond acceptors (Lipinski definition) is 6. The van der Waals surface area contributed by atoms with Crippen LogP contribution in [0, 0.1) is 0 Å². The van der Waals surface area contributed by atoms with Gasteiger partial charge in [-0.3, -0.25) is 9.69 Å². The molecule has 0 saturated carbocycles. The zero-order valence-corrected chi connectivity index (χ0v) is 15.3. The summed E-state index contributed by atoms with van der Waals surface area (Å²) in [6.45, 7) is 3.02. The lowest BCUT2D eigenvalue weighted by atomic mass is 9.98. The van der Waals surface area contributed by atoms with Crippen LogP contribution < -0.4 is 5.32 Å². The molecule has 0 saturated heterocycles. The van der Waals surface area contributed by atoms with Gasteiger partial charge < -0.3 is 10.1 Å². The summed E-state index contributed by atoms with van der Waals surface area (Å²) in [7, 11) is 1.59. The van der Waals surface area contributed by atoms with Crippen molar-refractivity contribution in [2.45, 2.75) is 25.9 Å². The number of benzene rings is 2. The third kappa shape index (κ3) is 3.99. The highest BCUT2D eigenvalue weighted by Crippen LogP contribution is 2.25. The average Bonchev–Trinajstić information content (AvgIpc) is 3.16. The van der Waals surface area contributed by atoms with Gasteiger partial charge in [-0.15, -0.1) is 0 Å². The van der Waals surface area contributed by atoms with Crippen LogP contribution in [0.2, 0.25) is 0 Å². The van der Waals surface area contributed by atoms with E-state index in [2.05, 4.69) is 38.7 Å². The van der Waals surface area contributed by atoms with E-state index in [0.29, 0.717) is 13.0 Å². The summed E-state index contributed by atoms with van der Waals surface area (Å²) in [5.41, 5.74) is 6.13. The number of methoxy groups -OCH3 is 1. The molecule has 7 nitrogen and oxygen atoms in total. The Balaban J connectivity index is 1.46. The average molecular weight is 366 g/mol. The third-order valence-corrected chi connectivity index (χ3v) is 4.88. The van der Waals surface area contributed by atoms with Crippen molar-refractivity contribution >= 4 is 22.6 Å². The summed E-state index contributed by atoms with van der Waals surface area (Å²) >= 11 is 0. The normalized spacial score (nSPS) is 14.3. The molecule has 27 heavy (non-hydrogen) atoms. The molecule has 1 aromatic heterocycles. The molecule has 0 atom stereocenters. The number of nitrogens with one attached hydrogen (secondary N) is 1. The van der Waals surface area contributed by atoms with Crippen molar-refractivity contribution in [1.82, 2.24) is 15.2 Å². The molecule has 0 unspecified atom stereocenters. The van der Waals surface area contributed by atoms with E-state index in [4.69, 9.17) is 9.37 Å². The lowest BCUT2D eigenvalue weighted by Crippen LogP contribution is -2.30. The van der Waals surface area contributed by atoms with Crippen LogP contribution >= 0.6 is 0 Å². The molecule has 7 heteroatoms. The number of anilines is 1. The molecule has 1 N–H and O–H groups in total. The van der Waals surface area contributed by atoms with E-state index in [1.54, 1.807) is 7.11 Å². The molecule has 0 radical (unpaired) electrons. The summed E-state index contributed by atoms with van der Waals surface area (Å²) in [6, 6.07) is 12.1. The zero-order chi connectivity index (χ0) is 18.6. The Kier molecular flexibility index (Phi) is 5.13. The highest BCUT2D eigenvalue weighted by molar-refractivity contribution is 5.90. The summed E-state index contributed by atoms with van der Waals surface area (Å²) in [5.74, 6) is -0.0327. The first-order valence-corrected chi connectivity index (χ1v) is 9.06. The number of carbonyl (C=O) groups is 1. The van der Waals surface area contributed by atoms with Crippen LogP contribution in [0.5, 0.6) is 0 Å². The molecule has 1 aliphatic rings. The number of nitrogens with zero attached hydrogens (tertiary/aromatic N) is 3. The summed E-state index contributed by atoms with van der Waals surface area (Å²) in [5, 5.41) is 10.9. The largest absolute Gasteiger partial charge is 0.384 e. The molecule has 0 bridgehead atoms. The molecule has 2 aromatic carbocycles. The lowest BCUT2D eigenvalue weighted by Gasteiger charge is -2.29. The van der Waals surface area contributed by atoms with Crippen molar-refractivity contribution in [1.29, 1.82) is 0 Å². The van der Waals surface area contributed by atoms with Crippen molar-refractivity contribution in [3.8, 4) is 0 Å². The van der Waals surface area contributed by atoms with E-state index in [9.17, 15) is 4.79 Å². The van der Waals surface area contributed by atoms with Gasteiger partial charge in [0, 0.05) is 32.4 Å². The smallest absolute Gasteiger partial charge is 0.226 e. The minimum absolute atomic E-state index is 0.0327. The van der Waals surface area contributed by atoms with Gasteiger partial charge in [-0.05, 0) is 51.6 Å². The molecule has 2 heterocycles. The van der Waals surface area contributed by atoms with Crippen LogP contribution in [0.15, 0.2) is 41.0 Å². The second-order valence-corrected chi connectivity index (χ2v) is 6.78. The Labute approximate surface area is 157 Å². The van der Waals surface area contributed by atoms with E-state index in [0.717, 1.165) is 48.3 Å². The van der Waals surface area contributed by atoms with Crippen LogP contribution in [0.1, 0.15) is 23.1 Å². The van der Waals surface area contributed by atoms with Gasteiger partial charge in [0.05, 0.1) is 13.0 Å². The fourth-order valence-corrected chi connectivity index (χ4v) is 3.48. The summed E-state index contributed by atoms with van der Waals surface area (Å²) < 4.78 is 9.82. The van der Waals surface area contributed by atoms with Crippen LogP contribution in [-0.4, -0.2) is 41.4 Å². The molecule has 3 aromatic rings. The van der Waals surface area contributed by atoms with Gasteiger partial charge in [0.25, 0.3) is 0 Å². The number of aromatic nitrogens is 2. The van der Waals surface area contributed by atoms with Crippen LogP contribution in [-0.2, 0) is 29.0 Å². The van der Waals surface area contributed by atoms with Gasteiger partial charge in [-0.25, -0.2) is 4.63 Å². The first-order chi connectivity index (χ1) is 13.2. The standard InChI is InChI=1S/C20H22N4O3/c1-26-10-8-19(25)21-17-6-5-14-7-9-24(13-16(14)11-17)12-15-3-2-4-18-20(15)23-27-22-18/h2-6,11H,7-10,12-13H2,1H3,(H,21,25).